The molecule has 2 rings (SSSR count). The Bertz CT molecular complexity index is 433. The quantitative estimate of drug-likeness (QED) is 0.717. The molecule has 0 fully saturated rings. The normalized spacial score (nSPS) is 10.1. The van der Waals surface area contributed by atoms with Crippen molar-refractivity contribution in [1.29, 1.82) is 0 Å². The first-order chi connectivity index (χ1) is 6.75. The lowest BCUT2D eigenvalue weighted by Crippen LogP contribution is -2.12. The van der Waals surface area contributed by atoms with E-state index in [2.05, 4.69) is 30.2 Å². The molecule has 0 saturated heterocycles. The molecular weight excluding hydrogens is 186 g/mol. The highest BCUT2D eigenvalue weighted by molar-refractivity contribution is 6.00. The molecule has 0 saturated carbocycles. The summed E-state index contributed by atoms with van der Waals surface area (Å²) in [4.78, 5) is 15.2. The molecule has 72 valence electrons. The molecule has 2 heterocycles. The van der Waals surface area contributed by atoms with Gasteiger partial charge >= 0.3 is 0 Å². The van der Waals surface area contributed by atoms with E-state index in [4.69, 9.17) is 0 Å². The van der Waals surface area contributed by atoms with Gasteiger partial charge < -0.3 is 4.52 Å². The van der Waals surface area contributed by atoms with Crippen LogP contribution in [0.1, 0.15) is 16.4 Å². The molecule has 0 aliphatic carbocycles. The maximum absolute atomic E-state index is 11.3. The zero-order chi connectivity index (χ0) is 9.97. The summed E-state index contributed by atoms with van der Waals surface area (Å²) in [5, 5.41) is 12.2. The van der Waals surface area contributed by atoms with Crippen molar-refractivity contribution < 1.29 is 9.32 Å². The maximum atomic E-state index is 11.3. The van der Waals surface area contributed by atoms with Crippen molar-refractivity contribution in [1.82, 2.24) is 20.3 Å². The van der Waals surface area contributed by atoms with E-state index in [-0.39, 0.29) is 11.7 Å². The van der Waals surface area contributed by atoms with Crippen LogP contribution in [0.3, 0.4) is 0 Å². The number of nitrogens with one attached hydrogen (secondary N) is 2. The molecule has 7 heteroatoms. The van der Waals surface area contributed by atoms with Gasteiger partial charge in [0.2, 0.25) is 11.7 Å². The van der Waals surface area contributed by atoms with Crippen molar-refractivity contribution in [3.05, 3.63) is 23.8 Å². The molecule has 2 aromatic heterocycles. The molecule has 14 heavy (non-hydrogen) atoms. The van der Waals surface area contributed by atoms with Gasteiger partial charge in [0, 0.05) is 6.07 Å². The van der Waals surface area contributed by atoms with Crippen LogP contribution in [0.15, 0.2) is 16.8 Å². The predicted octanol–water partition coefficient (Wildman–Crippen LogP) is 0.353. The number of rotatable bonds is 2. The smallest absolute Gasteiger partial charge is 0.296 e. The number of carbonyl (C=O) groups is 1. The molecule has 0 bridgehead atoms. The number of nitrogens with zero attached hydrogens (tertiary/aromatic N) is 3. The fourth-order valence-corrected chi connectivity index (χ4v) is 0.895. The van der Waals surface area contributed by atoms with E-state index in [9.17, 15) is 4.79 Å². The minimum absolute atomic E-state index is 0.118. The Morgan fingerprint density at radius 2 is 2.50 bits per heavy atom. The molecule has 0 atom stereocenters. The number of aromatic amines is 1. The van der Waals surface area contributed by atoms with Crippen LogP contribution in [-0.2, 0) is 0 Å². The van der Waals surface area contributed by atoms with E-state index in [1.807, 2.05) is 0 Å². The first kappa shape index (κ1) is 8.42. The highest BCUT2D eigenvalue weighted by atomic mass is 16.5. The van der Waals surface area contributed by atoms with Gasteiger partial charge in [-0.25, -0.2) is 0 Å². The molecule has 7 nitrogen and oxygen atoms in total. The van der Waals surface area contributed by atoms with Crippen molar-refractivity contribution in [3.63, 3.8) is 0 Å². The Morgan fingerprint density at radius 3 is 3.07 bits per heavy atom. The number of hydrogen-bond acceptors (Lipinski definition) is 5. The SMILES string of the molecule is Cc1nc(NC(=O)c2ccno2)n[nH]1. The summed E-state index contributed by atoms with van der Waals surface area (Å²) in [7, 11) is 0. The van der Waals surface area contributed by atoms with E-state index in [0.717, 1.165) is 0 Å². The second kappa shape index (κ2) is 3.29. The molecule has 1 amide bonds. The number of carbonyl (C=O) groups excluding carboxylic acids is 1. The Hall–Kier alpha value is -2.18. The summed E-state index contributed by atoms with van der Waals surface area (Å²) < 4.78 is 4.65. The fourth-order valence-electron chi connectivity index (χ4n) is 0.895. The van der Waals surface area contributed by atoms with Crippen LogP contribution < -0.4 is 5.32 Å². The summed E-state index contributed by atoms with van der Waals surface area (Å²) in [6, 6.07) is 1.45. The summed E-state index contributed by atoms with van der Waals surface area (Å²) in [6.45, 7) is 1.73. The van der Waals surface area contributed by atoms with Crippen LogP contribution in [0.5, 0.6) is 0 Å². The van der Waals surface area contributed by atoms with E-state index >= 15 is 0 Å². The van der Waals surface area contributed by atoms with Gasteiger partial charge in [0.1, 0.15) is 5.82 Å². The van der Waals surface area contributed by atoms with Crippen molar-refractivity contribution in [3.8, 4) is 0 Å². The summed E-state index contributed by atoms with van der Waals surface area (Å²) in [5.41, 5.74) is 0. The Labute approximate surface area is 78.5 Å². The van der Waals surface area contributed by atoms with Crippen LogP contribution in [0.2, 0.25) is 0 Å². The largest absolute Gasteiger partial charge is 0.351 e. The lowest BCUT2D eigenvalue weighted by Gasteiger charge is -1.94. The van der Waals surface area contributed by atoms with Crippen LogP contribution in [0.4, 0.5) is 5.95 Å². The van der Waals surface area contributed by atoms with Crippen molar-refractivity contribution in [2.75, 3.05) is 5.32 Å². The van der Waals surface area contributed by atoms with Gasteiger partial charge in [0.15, 0.2) is 0 Å². The molecular formula is C7H7N5O2. The molecule has 0 radical (unpaired) electrons. The van der Waals surface area contributed by atoms with Gasteiger partial charge in [-0.05, 0) is 6.92 Å². The average molecular weight is 193 g/mol. The van der Waals surface area contributed by atoms with E-state index in [1.165, 1.54) is 12.3 Å². The molecule has 2 N–H and O–H groups in total. The molecule has 2 aromatic rings. The maximum Gasteiger partial charge on any atom is 0.296 e. The van der Waals surface area contributed by atoms with Crippen LogP contribution >= 0.6 is 0 Å². The lowest BCUT2D eigenvalue weighted by atomic mass is 10.4. The number of hydrogen-bond donors (Lipinski definition) is 2. The van der Waals surface area contributed by atoms with Gasteiger partial charge in [0.25, 0.3) is 5.91 Å². The zero-order valence-electron chi connectivity index (χ0n) is 7.31. The fraction of sp³-hybridized carbons (Fsp3) is 0.143. The Kier molecular flexibility index (Phi) is 1.98. The first-order valence-corrected chi connectivity index (χ1v) is 3.87. The Balaban J connectivity index is 2.09. The van der Waals surface area contributed by atoms with Crippen molar-refractivity contribution >= 4 is 11.9 Å². The third-order valence-electron chi connectivity index (χ3n) is 1.48. The van der Waals surface area contributed by atoms with Crippen LogP contribution in [0.25, 0.3) is 0 Å². The van der Waals surface area contributed by atoms with Gasteiger partial charge in [-0.1, -0.05) is 5.16 Å². The molecule has 0 aliphatic rings. The first-order valence-electron chi connectivity index (χ1n) is 3.87. The second-order valence-electron chi connectivity index (χ2n) is 2.58. The summed E-state index contributed by atoms with van der Waals surface area (Å²) >= 11 is 0. The highest BCUT2D eigenvalue weighted by Gasteiger charge is 2.11. The van der Waals surface area contributed by atoms with Crippen LogP contribution in [0, 0.1) is 6.92 Å². The van der Waals surface area contributed by atoms with Crippen LogP contribution in [-0.4, -0.2) is 26.2 Å². The van der Waals surface area contributed by atoms with E-state index in [0.29, 0.717) is 5.82 Å². The number of H-pyrrole nitrogens is 1. The number of aryl methyl sites for hydroxylation is 1. The van der Waals surface area contributed by atoms with Gasteiger partial charge in [-0.15, -0.1) is 5.10 Å². The Morgan fingerprint density at radius 1 is 1.64 bits per heavy atom. The van der Waals surface area contributed by atoms with E-state index < -0.39 is 5.91 Å². The molecule has 0 spiro atoms. The lowest BCUT2D eigenvalue weighted by molar-refractivity contribution is 0.0987. The molecule has 0 unspecified atom stereocenters. The standard InChI is InChI=1S/C7H7N5O2/c1-4-9-7(12-11-4)10-6(13)5-2-3-8-14-5/h2-3H,1H3,(H2,9,10,11,12,13). The summed E-state index contributed by atoms with van der Waals surface area (Å²) in [5.74, 6) is 0.524. The van der Waals surface area contributed by atoms with Crippen molar-refractivity contribution in [2.45, 2.75) is 6.92 Å². The van der Waals surface area contributed by atoms with Gasteiger partial charge in [-0.3, -0.25) is 15.2 Å². The third-order valence-corrected chi connectivity index (χ3v) is 1.48. The zero-order valence-corrected chi connectivity index (χ0v) is 7.31. The summed E-state index contributed by atoms with van der Waals surface area (Å²) in [6.07, 6.45) is 1.39. The highest BCUT2D eigenvalue weighted by Crippen LogP contribution is 2.02. The van der Waals surface area contributed by atoms with Gasteiger partial charge in [-0.2, -0.15) is 4.98 Å². The number of anilines is 1. The minimum Gasteiger partial charge on any atom is -0.351 e. The average Bonchev–Trinajstić information content (AvgIpc) is 2.75. The number of aromatic nitrogens is 4. The predicted molar refractivity (Wildman–Crippen MR) is 45.6 cm³/mol. The second-order valence-corrected chi connectivity index (χ2v) is 2.58. The van der Waals surface area contributed by atoms with Gasteiger partial charge in [0.05, 0.1) is 6.20 Å². The molecule has 0 aromatic carbocycles. The van der Waals surface area contributed by atoms with Crippen molar-refractivity contribution in [2.24, 2.45) is 0 Å². The molecule has 0 aliphatic heterocycles. The monoisotopic (exact) mass is 193 g/mol. The van der Waals surface area contributed by atoms with E-state index in [1.54, 1.807) is 6.92 Å². The number of amides is 1. The minimum atomic E-state index is -0.429. The third kappa shape index (κ3) is 1.60. The topological polar surface area (TPSA) is 96.7 Å².